The molecule has 1 aliphatic heterocycles. The number of aliphatic hydroxyl groups excluding tert-OH is 1. The maximum Gasteiger partial charge on any atom is 0.326 e. The minimum atomic E-state index is -1.16. The maximum absolute atomic E-state index is 12.8. The first-order valence-corrected chi connectivity index (χ1v) is 10.3. The number of nitrogens with zero attached hydrogens (tertiary/aromatic N) is 1. The molecule has 0 saturated carbocycles. The number of aliphatic carboxylic acids is 1. The van der Waals surface area contributed by atoms with Crippen LogP contribution in [0.25, 0.3) is 0 Å². The summed E-state index contributed by atoms with van der Waals surface area (Å²) in [4.78, 5) is 50.6. The molecule has 0 aromatic heterocycles. The molecule has 0 radical (unpaired) electrons. The van der Waals surface area contributed by atoms with Crippen molar-refractivity contribution in [2.45, 2.75) is 70.1 Å². The van der Waals surface area contributed by atoms with Crippen molar-refractivity contribution in [1.82, 2.24) is 15.5 Å². The number of amides is 3. The van der Waals surface area contributed by atoms with Crippen LogP contribution in [0.15, 0.2) is 0 Å². The number of hydrogen-bond donors (Lipinski definition) is 6. The van der Waals surface area contributed by atoms with Gasteiger partial charge in [0, 0.05) is 6.54 Å². The van der Waals surface area contributed by atoms with Crippen molar-refractivity contribution in [2.75, 3.05) is 19.7 Å². The Morgan fingerprint density at radius 3 is 2.37 bits per heavy atom. The van der Waals surface area contributed by atoms with Gasteiger partial charge in [-0.2, -0.15) is 0 Å². The van der Waals surface area contributed by atoms with Crippen LogP contribution in [0.1, 0.15) is 46.0 Å². The van der Waals surface area contributed by atoms with Crippen LogP contribution < -0.4 is 22.1 Å². The predicted octanol–water partition coefficient (Wildman–Crippen LogP) is -1.86. The first kappa shape index (κ1) is 25.8. The van der Waals surface area contributed by atoms with E-state index >= 15 is 0 Å². The normalized spacial score (nSPS) is 19.3. The molecule has 30 heavy (non-hydrogen) atoms. The number of hydrogen-bond acceptors (Lipinski definition) is 7. The first-order chi connectivity index (χ1) is 14.1. The van der Waals surface area contributed by atoms with Crippen LogP contribution in [0, 0.1) is 5.92 Å². The molecule has 1 saturated heterocycles. The number of nitrogens with two attached hydrogens (primary N) is 2. The van der Waals surface area contributed by atoms with Crippen molar-refractivity contribution in [3.05, 3.63) is 0 Å². The van der Waals surface area contributed by atoms with Gasteiger partial charge in [-0.3, -0.25) is 14.4 Å². The monoisotopic (exact) mass is 429 g/mol. The molecule has 0 aliphatic carbocycles. The zero-order valence-corrected chi connectivity index (χ0v) is 17.7. The second-order valence-electron chi connectivity index (χ2n) is 7.89. The highest BCUT2D eigenvalue weighted by molar-refractivity contribution is 5.94. The van der Waals surface area contributed by atoms with Crippen LogP contribution in [0.2, 0.25) is 0 Å². The molecule has 1 fully saturated rings. The van der Waals surface area contributed by atoms with E-state index in [2.05, 4.69) is 10.6 Å². The lowest BCUT2D eigenvalue weighted by Crippen LogP contribution is -2.57. The zero-order chi connectivity index (χ0) is 22.8. The standard InChI is InChI=1S/C19H35N5O6/c1-11(2)15(19(29)30)23-16(26)13(6-3-4-8-20)22-17(27)14-7-5-9-24(14)18(28)12(21)10-25/h11-15,25H,3-10,20-21H2,1-2H3,(H,22,27)(H,23,26)(H,29,30). The average Bonchev–Trinajstić information content (AvgIpc) is 3.19. The number of unbranched alkanes of at least 4 members (excludes halogenated alkanes) is 1. The van der Waals surface area contributed by atoms with Gasteiger partial charge in [-0.1, -0.05) is 13.8 Å². The fraction of sp³-hybridized carbons (Fsp3) is 0.789. The number of carboxylic acids is 1. The molecule has 0 aromatic carbocycles. The van der Waals surface area contributed by atoms with Gasteiger partial charge in [0.1, 0.15) is 24.2 Å². The molecule has 1 rings (SSSR count). The molecule has 0 spiro atoms. The molecular weight excluding hydrogens is 394 g/mol. The van der Waals surface area contributed by atoms with Gasteiger partial charge in [-0.25, -0.2) is 4.79 Å². The summed E-state index contributed by atoms with van der Waals surface area (Å²) in [5, 5.41) is 23.6. The van der Waals surface area contributed by atoms with E-state index in [0.29, 0.717) is 38.8 Å². The lowest BCUT2D eigenvalue weighted by Gasteiger charge is -2.28. The Labute approximate surface area is 176 Å². The Morgan fingerprint density at radius 1 is 1.17 bits per heavy atom. The summed E-state index contributed by atoms with van der Waals surface area (Å²) in [6, 6.07) is -3.93. The average molecular weight is 430 g/mol. The van der Waals surface area contributed by atoms with E-state index in [1.165, 1.54) is 4.90 Å². The Morgan fingerprint density at radius 2 is 1.83 bits per heavy atom. The quantitative estimate of drug-likeness (QED) is 0.195. The van der Waals surface area contributed by atoms with Crippen LogP contribution in [0.3, 0.4) is 0 Å². The highest BCUT2D eigenvalue weighted by Crippen LogP contribution is 2.19. The smallest absolute Gasteiger partial charge is 0.326 e. The highest BCUT2D eigenvalue weighted by atomic mass is 16.4. The zero-order valence-electron chi connectivity index (χ0n) is 17.7. The third-order valence-electron chi connectivity index (χ3n) is 5.16. The van der Waals surface area contributed by atoms with Gasteiger partial charge < -0.3 is 37.2 Å². The third-order valence-corrected chi connectivity index (χ3v) is 5.16. The fourth-order valence-electron chi connectivity index (χ4n) is 3.39. The van der Waals surface area contributed by atoms with E-state index in [4.69, 9.17) is 16.6 Å². The number of nitrogens with one attached hydrogen (secondary N) is 2. The Balaban J connectivity index is 2.89. The molecule has 8 N–H and O–H groups in total. The topological polar surface area (TPSA) is 188 Å². The maximum atomic E-state index is 12.8. The number of rotatable bonds is 12. The van der Waals surface area contributed by atoms with Gasteiger partial charge in [-0.15, -0.1) is 0 Å². The molecule has 4 atom stereocenters. The number of aliphatic hydroxyl groups is 1. The molecule has 0 aromatic rings. The van der Waals surface area contributed by atoms with Crippen LogP contribution in [0.5, 0.6) is 0 Å². The van der Waals surface area contributed by atoms with Crippen molar-refractivity contribution in [3.63, 3.8) is 0 Å². The summed E-state index contributed by atoms with van der Waals surface area (Å²) in [5.41, 5.74) is 11.1. The molecule has 4 unspecified atom stereocenters. The Bertz CT molecular complexity index is 614. The molecule has 1 heterocycles. The van der Waals surface area contributed by atoms with Crippen molar-refractivity contribution >= 4 is 23.7 Å². The lowest BCUT2D eigenvalue weighted by atomic mass is 10.0. The summed E-state index contributed by atoms with van der Waals surface area (Å²) in [6.45, 7) is 3.58. The van der Waals surface area contributed by atoms with Crippen molar-refractivity contribution in [3.8, 4) is 0 Å². The second kappa shape index (κ2) is 12.5. The van der Waals surface area contributed by atoms with Gasteiger partial charge >= 0.3 is 5.97 Å². The predicted molar refractivity (Wildman–Crippen MR) is 109 cm³/mol. The summed E-state index contributed by atoms with van der Waals surface area (Å²) in [7, 11) is 0. The van der Waals surface area contributed by atoms with Crippen LogP contribution in [-0.4, -0.2) is 82.7 Å². The van der Waals surface area contributed by atoms with Gasteiger partial charge in [0.15, 0.2) is 0 Å². The summed E-state index contributed by atoms with van der Waals surface area (Å²) >= 11 is 0. The van der Waals surface area contributed by atoms with Gasteiger partial charge in [0.25, 0.3) is 0 Å². The lowest BCUT2D eigenvalue weighted by molar-refractivity contribution is -0.144. The number of likely N-dealkylation sites (tertiary alicyclic amines) is 1. The van der Waals surface area contributed by atoms with E-state index in [0.717, 1.165) is 0 Å². The van der Waals surface area contributed by atoms with Crippen molar-refractivity contribution in [1.29, 1.82) is 0 Å². The second-order valence-corrected chi connectivity index (χ2v) is 7.89. The summed E-state index contributed by atoms with van der Waals surface area (Å²) in [5.74, 6) is -3.12. The molecule has 172 valence electrons. The summed E-state index contributed by atoms with van der Waals surface area (Å²) in [6.07, 6.45) is 2.51. The van der Waals surface area contributed by atoms with Crippen molar-refractivity contribution in [2.24, 2.45) is 17.4 Å². The number of carbonyl (C=O) groups excluding carboxylic acids is 3. The Kier molecular flexibility index (Phi) is 10.7. The van der Waals surface area contributed by atoms with Gasteiger partial charge in [0.2, 0.25) is 17.7 Å². The largest absolute Gasteiger partial charge is 0.480 e. The van der Waals surface area contributed by atoms with E-state index < -0.39 is 54.5 Å². The minimum absolute atomic E-state index is 0.288. The van der Waals surface area contributed by atoms with E-state index in [-0.39, 0.29) is 12.3 Å². The molecule has 11 nitrogen and oxygen atoms in total. The SMILES string of the molecule is CC(C)C(NC(=O)C(CCCCN)NC(=O)C1CCCN1C(=O)C(N)CO)C(=O)O. The summed E-state index contributed by atoms with van der Waals surface area (Å²) < 4.78 is 0. The molecule has 1 aliphatic rings. The molecular formula is C19H35N5O6. The Hall–Kier alpha value is -2.24. The van der Waals surface area contributed by atoms with E-state index in [9.17, 15) is 24.3 Å². The van der Waals surface area contributed by atoms with Crippen LogP contribution in [-0.2, 0) is 19.2 Å². The van der Waals surface area contributed by atoms with E-state index in [1.54, 1.807) is 13.8 Å². The first-order valence-electron chi connectivity index (χ1n) is 10.3. The van der Waals surface area contributed by atoms with Crippen LogP contribution in [0.4, 0.5) is 0 Å². The molecule has 11 heteroatoms. The third kappa shape index (κ3) is 7.22. The van der Waals surface area contributed by atoms with Gasteiger partial charge in [0.05, 0.1) is 6.61 Å². The minimum Gasteiger partial charge on any atom is -0.480 e. The number of carbonyl (C=O) groups is 4. The number of carboxylic acid groups (broad SMARTS) is 1. The van der Waals surface area contributed by atoms with E-state index in [1.807, 2.05) is 0 Å². The van der Waals surface area contributed by atoms with Crippen LogP contribution >= 0.6 is 0 Å². The fourth-order valence-corrected chi connectivity index (χ4v) is 3.39. The molecule has 0 bridgehead atoms. The van der Waals surface area contributed by atoms with Crippen molar-refractivity contribution < 1.29 is 29.4 Å². The molecule has 3 amide bonds. The highest BCUT2D eigenvalue weighted by Gasteiger charge is 2.37. The van der Waals surface area contributed by atoms with Gasteiger partial charge in [-0.05, 0) is 44.6 Å².